The Hall–Kier alpha value is -2.12. The molecule has 0 atom stereocenters. The fourth-order valence-electron chi connectivity index (χ4n) is 3.82. The first-order valence-electron chi connectivity index (χ1n) is 7.51. The van der Waals surface area contributed by atoms with Crippen molar-refractivity contribution >= 4 is 59.0 Å². The van der Waals surface area contributed by atoms with Crippen molar-refractivity contribution in [2.45, 2.75) is 5.33 Å². The van der Waals surface area contributed by atoms with E-state index in [-0.39, 0.29) is 0 Å². The van der Waals surface area contributed by atoms with Crippen LogP contribution >= 0.6 is 15.9 Å². The summed E-state index contributed by atoms with van der Waals surface area (Å²) in [4.78, 5) is 0. The third-order valence-electron chi connectivity index (χ3n) is 4.74. The van der Waals surface area contributed by atoms with Gasteiger partial charge in [-0.3, -0.25) is 0 Å². The van der Waals surface area contributed by atoms with Crippen LogP contribution in [-0.2, 0) is 5.33 Å². The van der Waals surface area contributed by atoms with Gasteiger partial charge >= 0.3 is 0 Å². The Labute approximate surface area is 136 Å². The lowest BCUT2D eigenvalue weighted by Gasteiger charge is -2.16. The highest BCUT2D eigenvalue weighted by molar-refractivity contribution is 9.08. The topological polar surface area (TPSA) is 0 Å². The van der Waals surface area contributed by atoms with Crippen LogP contribution in [0.2, 0.25) is 0 Å². The molecule has 0 aliphatic carbocycles. The van der Waals surface area contributed by atoms with E-state index in [0.717, 1.165) is 5.33 Å². The average molecular weight is 345 g/mol. The predicted octanol–water partition coefficient (Wildman–Crippen LogP) is 6.63. The van der Waals surface area contributed by atoms with Crippen LogP contribution in [0.3, 0.4) is 0 Å². The Balaban J connectivity index is 2.29. The Morgan fingerprint density at radius 2 is 1.18 bits per heavy atom. The molecule has 22 heavy (non-hydrogen) atoms. The highest BCUT2D eigenvalue weighted by Crippen LogP contribution is 2.42. The van der Waals surface area contributed by atoms with E-state index in [9.17, 15) is 0 Å². The third-order valence-corrected chi connectivity index (χ3v) is 5.35. The molecule has 104 valence electrons. The largest absolute Gasteiger partial charge is 0.0876 e. The molecule has 0 aromatic heterocycles. The van der Waals surface area contributed by atoms with Crippen LogP contribution < -0.4 is 0 Å². The molecule has 0 heterocycles. The lowest BCUT2D eigenvalue weighted by atomic mass is 9.88. The number of alkyl halides is 1. The van der Waals surface area contributed by atoms with E-state index in [1.54, 1.807) is 0 Å². The van der Waals surface area contributed by atoms with Crippen molar-refractivity contribution in [3.8, 4) is 0 Å². The van der Waals surface area contributed by atoms with Gasteiger partial charge < -0.3 is 0 Å². The average Bonchev–Trinajstić information content (AvgIpc) is 2.60. The SMILES string of the molecule is BrCc1ccc2ccc3cccc4c5ccccc5c1c2c34. The Morgan fingerprint density at radius 3 is 2.00 bits per heavy atom. The quantitative estimate of drug-likeness (QED) is 0.182. The van der Waals surface area contributed by atoms with Crippen LogP contribution in [0.4, 0.5) is 0 Å². The lowest BCUT2D eigenvalue weighted by molar-refractivity contribution is 1.51. The van der Waals surface area contributed by atoms with Crippen LogP contribution in [0.1, 0.15) is 5.56 Å². The molecule has 0 fully saturated rings. The zero-order chi connectivity index (χ0) is 14.7. The van der Waals surface area contributed by atoms with Gasteiger partial charge in [-0.05, 0) is 48.7 Å². The maximum absolute atomic E-state index is 3.67. The van der Waals surface area contributed by atoms with Crippen molar-refractivity contribution < 1.29 is 0 Å². The molecular formula is C21H13Br. The molecule has 0 nitrogen and oxygen atoms in total. The van der Waals surface area contributed by atoms with E-state index in [2.05, 4.69) is 82.7 Å². The second-order valence-electron chi connectivity index (χ2n) is 5.85. The van der Waals surface area contributed by atoms with Gasteiger partial charge in [0.05, 0.1) is 0 Å². The molecular weight excluding hydrogens is 332 g/mol. The molecule has 0 radical (unpaired) electrons. The zero-order valence-corrected chi connectivity index (χ0v) is 13.5. The molecule has 5 aromatic carbocycles. The molecule has 0 spiro atoms. The molecule has 1 heteroatoms. The fourth-order valence-corrected chi connectivity index (χ4v) is 4.28. The molecule has 0 aliphatic heterocycles. The van der Waals surface area contributed by atoms with Gasteiger partial charge in [0, 0.05) is 5.33 Å². The van der Waals surface area contributed by atoms with E-state index in [1.807, 2.05) is 0 Å². The standard InChI is InChI=1S/C21H13Br/c22-12-15-11-10-14-9-8-13-4-3-7-18-16-5-1-2-6-17(16)20(15)21(14)19(13)18/h1-11H,12H2. The van der Waals surface area contributed by atoms with Crippen molar-refractivity contribution in [3.63, 3.8) is 0 Å². The number of fused-ring (bicyclic) bond motifs is 3. The Morgan fingerprint density at radius 1 is 0.545 bits per heavy atom. The molecule has 0 aliphatic rings. The van der Waals surface area contributed by atoms with Gasteiger partial charge in [-0.15, -0.1) is 0 Å². The van der Waals surface area contributed by atoms with Crippen LogP contribution in [0.5, 0.6) is 0 Å². The van der Waals surface area contributed by atoms with Gasteiger partial charge in [0.25, 0.3) is 0 Å². The van der Waals surface area contributed by atoms with E-state index >= 15 is 0 Å². The fraction of sp³-hybridized carbons (Fsp3) is 0.0476. The smallest absolute Gasteiger partial charge is 0.0289 e. The van der Waals surface area contributed by atoms with Crippen LogP contribution in [0.25, 0.3) is 43.1 Å². The second kappa shape index (κ2) is 4.44. The van der Waals surface area contributed by atoms with Crippen LogP contribution in [0.15, 0.2) is 66.7 Å². The molecule has 0 unspecified atom stereocenters. The van der Waals surface area contributed by atoms with E-state index in [1.165, 1.54) is 48.7 Å². The number of halogens is 1. The van der Waals surface area contributed by atoms with Gasteiger partial charge in [-0.1, -0.05) is 82.7 Å². The zero-order valence-electron chi connectivity index (χ0n) is 11.9. The summed E-state index contributed by atoms with van der Waals surface area (Å²) in [6.45, 7) is 0. The van der Waals surface area contributed by atoms with Crippen molar-refractivity contribution in [3.05, 3.63) is 72.3 Å². The summed E-state index contributed by atoms with van der Waals surface area (Å²) >= 11 is 3.67. The molecule has 0 bridgehead atoms. The molecule has 5 rings (SSSR count). The Bertz CT molecular complexity index is 1150. The van der Waals surface area contributed by atoms with Gasteiger partial charge in [-0.25, -0.2) is 0 Å². The number of hydrogen-bond acceptors (Lipinski definition) is 0. The second-order valence-corrected chi connectivity index (χ2v) is 6.41. The predicted molar refractivity (Wildman–Crippen MR) is 100 cm³/mol. The maximum atomic E-state index is 3.67. The van der Waals surface area contributed by atoms with Gasteiger partial charge in [0.2, 0.25) is 0 Å². The van der Waals surface area contributed by atoms with Crippen molar-refractivity contribution in [1.29, 1.82) is 0 Å². The monoisotopic (exact) mass is 344 g/mol. The number of hydrogen-bond donors (Lipinski definition) is 0. The van der Waals surface area contributed by atoms with E-state index < -0.39 is 0 Å². The Kier molecular flexibility index (Phi) is 2.51. The molecule has 0 amide bonds. The summed E-state index contributed by atoms with van der Waals surface area (Å²) in [7, 11) is 0. The third kappa shape index (κ3) is 1.47. The maximum Gasteiger partial charge on any atom is 0.0289 e. The number of benzene rings is 5. The highest BCUT2D eigenvalue weighted by atomic mass is 79.9. The van der Waals surface area contributed by atoms with E-state index in [4.69, 9.17) is 0 Å². The minimum Gasteiger partial charge on any atom is -0.0876 e. The summed E-state index contributed by atoms with van der Waals surface area (Å²) in [5.74, 6) is 0. The normalized spacial score (nSPS) is 12.0. The molecule has 0 saturated carbocycles. The number of rotatable bonds is 1. The highest BCUT2D eigenvalue weighted by Gasteiger charge is 2.14. The first-order valence-corrected chi connectivity index (χ1v) is 8.64. The summed E-state index contributed by atoms with van der Waals surface area (Å²) in [5, 5.41) is 11.8. The van der Waals surface area contributed by atoms with E-state index in [0.29, 0.717) is 0 Å². The van der Waals surface area contributed by atoms with Crippen molar-refractivity contribution in [1.82, 2.24) is 0 Å². The molecule has 0 N–H and O–H groups in total. The van der Waals surface area contributed by atoms with Crippen molar-refractivity contribution in [2.24, 2.45) is 0 Å². The lowest BCUT2D eigenvalue weighted by Crippen LogP contribution is -1.90. The van der Waals surface area contributed by atoms with Crippen LogP contribution in [0, 0.1) is 0 Å². The van der Waals surface area contributed by atoms with Crippen molar-refractivity contribution in [2.75, 3.05) is 0 Å². The minimum absolute atomic E-state index is 0.880. The first kappa shape index (κ1) is 12.4. The van der Waals surface area contributed by atoms with Gasteiger partial charge in [-0.2, -0.15) is 0 Å². The van der Waals surface area contributed by atoms with Gasteiger partial charge in [0.15, 0.2) is 0 Å². The van der Waals surface area contributed by atoms with Gasteiger partial charge in [0.1, 0.15) is 0 Å². The first-order chi connectivity index (χ1) is 10.9. The summed E-state index contributed by atoms with van der Waals surface area (Å²) in [6.07, 6.45) is 0. The van der Waals surface area contributed by atoms with Crippen LogP contribution in [-0.4, -0.2) is 0 Å². The summed E-state index contributed by atoms with van der Waals surface area (Å²) in [5.41, 5.74) is 1.36. The molecule has 0 saturated heterocycles. The molecule has 5 aromatic rings. The summed E-state index contributed by atoms with van der Waals surface area (Å²) in [6, 6.07) is 24.4. The minimum atomic E-state index is 0.880. The summed E-state index contributed by atoms with van der Waals surface area (Å²) < 4.78 is 0.